The molecule has 3 amide bonds. The minimum atomic E-state index is -0.577. The highest BCUT2D eigenvalue weighted by molar-refractivity contribution is 5.83. The predicted octanol–water partition coefficient (Wildman–Crippen LogP) is 0.0702. The largest absolute Gasteiger partial charge is 0.354 e. The fourth-order valence-corrected chi connectivity index (χ4v) is 2.48. The molecule has 6 nitrogen and oxygen atoms in total. The van der Waals surface area contributed by atoms with Crippen molar-refractivity contribution in [1.82, 2.24) is 10.6 Å². The molecular weight excluding hydrogens is 232 g/mol. The Morgan fingerprint density at radius 2 is 1.56 bits per heavy atom. The highest BCUT2D eigenvalue weighted by Gasteiger charge is 2.36. The molecule has 0 aromatic heterocycles. The monoisotopic (exact) mass is 256 g/mol. The number of rotatable bonds is 5. The molecule has 0 atom stereocenters. The first-order chi connectivity index (χ1) is 8.60. The minimum Gasteiger partial charge on any atom is -0.354 e. The van der Waals surface area contributed by atoms with Crippen LogP contribution in [0, 0.1) is 5.41 Å². The molecule has 104 valence electrons. The zero-order chi connectivity index (χ0) is 13.4. The summed E-state index contributed by atoms with van der Waals surface area (Å²) in [5.74, 6) is 0.0122. The summed E-state index contributed by atoms with van der Waals surface area (Å²) in [6, 6.07) is -0.577. The van der Waals surface area contributed by atoms with E-state index in [1.807, 2.05) is 0 Å². The van der Waals surface area contributed by atoms with Crippen LogP contribution in [0.15, 0.2) is 0 Å². The van der Waals surface area contributed by atoms with Crippen LogP contribution < -0.4 is 22.1 Å². The predicted molar refractivity (Wildman–Crippen MR) is 69.8 cm³/mol. The first-order valence-electron chi connectivity index (χ1n) is 6.62. The van der Waals surface area contributed by atoms with Gasteiger partial charge in [-0.25, -0.2) is 4.79 Å². The van der Waals surface area contributed by atoms with E-state index in [9.17, 15) is 9.59 Å². The Morgan fingerprint density at radius 1 is 1.00 bits per heavy atom. The number of primary amides is 1. The van der Waals surface area contributed by atoms with Crippen molar-refractivity contribution in [3.8, 4) is 0 Å². The molecular formula is C12H24N4O2. The third-order valence-corrected chi connectivity index (χ3v) is 3.64. The van der Waals surface area contributed by atoms with Crippen LogP contribution in [0.3, 0.4) is 0 Å². The number of hydrogen-bond donors (Lipinski definition) is 4. The van der Waals surface area contributed by atoms with E-state index in [1.165, 1.54) is 12.8 Å². The highest BCUT2D eigenvalue weighted by Crippen LogP contribution is 2.34. The third-order valence-electron chi connectivity index (χ3n) is 3.64. The average Bonchev–Trinajstić information content (AvgIpc) is 2.60. The Labute approximate surface area is 108 Å². The first-order valence-corrected chi connectivity index (χ1v) is 6.62. The number of nitrogens with two attached hydrogens (primary N) is 2. The maximum Gasteiger partial charge on any atom is 0.312 e. The van der Waals surface area contributed by atoms with Crippen molar-refractivity contribution in [3.63, 3.8) is 0 Å². The van der Waals surface area contributed by atoms with Gasteiger partial charge in [-0.1, -0.05) is 25.7 Å². The second-order valence-electron chi connectivity index (χ2n) is 4.95. The lowest BCUT2D eigenvalue weighted by Crippen LogP contribution is -2.47. The third kappa shape index (κ3) is 4.18. The van der Waals surface area contributed by atoms with Crippen LogP contribution in [0.1, 0.15) is 38.5 Å². The molecule has 0 heterocycles. The van der Waals surface area contributed by atoms with E-state index in [-0.39, 0.29) is 5.91 Å². The maximum atomic E-state index is 12.2. The van der Waals surface area contributed by atoms with Gasteiger partial charge in [0.25, 0.3) is 0 Å². The van der Waals surface area contributed by atoms with Crippen LogP contribution in [0.2, 0.25) is 0 Å². The lowest BCUT2D eigenvalue weighted by Gasteiger charge is -2.29. The molecule has 6 N–H and O–H groups in total. The molecule has 1 aliphatic carbocycles. The van der Waals surface area contributed by atoms with Gasteiger partial charge in [0.15, 0.2) is 0 Å². The van der Waals surface area contributed by atoms with E-state index >= 15 is 0 Å². The second-order valence-corrected chi connectivity index (χ2v) is 4.95. The fourth-order valence-electron chi connectivity index (χ4n) is 2.48. The zero-order valence-electron chi connectivity index (χ0n) is 10.8. The molecule has 18 heavy (non-hydrogen) atoms. The van der Waals surface area contributed by atoms with Gasteiger partial charge in [-0.2, -0.15) is 0 Å². The summed E-state index contributed by atoms with van der Waals surface area (Å²) >= 11 is 0. The summed E-state index contributed by atoms with van der Waals surface area (Å²) in [4.78, 5) is 22.7. The molecule has 1 fully saturated rings. The minimum absolute atomic E-state index is 0.0122. The fraction of sp³-hybridized carbons (Fsp3) is 0.833. The normalized spacial score (nSPS) is 18.7. The van der Waals surface area contributed by atoms with Gasteiger partial charge < -0.3 is 22.1 Å². The summed E-state index contributed by atoms with van der Waals surface area (Å²) in [5.41, 5.74) is 10.3. The molecule has 0 aromatic carbocycles. The molecule has 0 radical (unpaired) electrons. The summed E-state index contributed by atoms with van der Waals surface area (Å²) < 4.78 is 0. The smallest absolute Gasteiger partial charge is 0.312 e. The number of nitrogens with one attached hydrogen (secondary N) is 2. The standard InChI is InChI=1S/C12H24N4O2/c13-9-12(5-3-1-2-4-6-12)10(17)15-7-8-16-11(14)18/h1-9,13H2,(H,15,17)(H3,14,16,18). The van der Waals surface area contributed by atoms with Crippen molar-refractivity contribution >= 4 is 11.9 Å². The van der Waals surface area contributed by atoms with Crippen molar-refractivity contribution in [2.75, 3.05) is 19.6 Å². The Hall–Kier alpha value is -1.30. The Balaban J connectivity index is 2.42. The average molecular weight is 256 g/mol. The number of carbonyl (C=O) groups is 2. The summed E-state index contributed by atoms with van der Waals surface area (Å²) in [7, 11) is 0. The number of carbonyl (C=O) groups excluding carboxylic acids is 2. The quantitative estimate of drug-likeness (QED) is 0.412. The van der Waals surface area contributed by atoms with Crippen LogP contribution >= 0.6 is 0 Å². The van der Waals surface area contributed by atoms with Gasteiger partial charge in [-0.05, 0) is 12.8 Å². The van der Waals surface area contributed by atoms with Gasteiger partial charge in [0.05, 0.1) is 5.41 Å². The Kier molecular flexibility index (Phi) is 5.91. The van der Waals surface area contributed by atoms with Crippen LogP contribution in [0.4, 0.5) is 4.79 Å². The maximum absolute atomic E-state index is 12.2. The lowest BCUT2D eigenvalue weighted by atomic mass is 9.79. The summed E-state index contributed by atoms with van der Waals surface area (Å²) in [6.07, 6.45) is 6.20. The molecule has 0 unspecified atom stereocenters. The molecule has 0 spiro atoms. The highest BCUT2D eigenvalue weighted by atomic mass is 16.2. The second kappa shape index (κ2) is 7.20. The van der Waals surface area contributed by atoms with Gasteiger partial charge in [0, 0.05) is 19.6 Å². The van der Waals surface area contributed by atoms with Crippen molar-refractivity contribution in [1.29, 1.82) is 0 Å². The molecule has 0 bridgehead atoms. The molecule has 1 rings (SSSR count). The summed E-state index contributed by atoms with van der Waals surface area (Å²) in [5, 5.41) is 5.28. The van der Waals surface area contributed by atoms with Gasteiger partial charge in [0.1, 0.15) is 0 Å². The van der Waals surface area contributed by atoms with Gasteiger partial charge >= 0.3 is 6.03 Å². The van der Waals surface area contributed by atoms with E-state index in [4.69, 9.17) is 11.5 Å². The molecule has 0 aliphatic heterocycles. The molecule has 0 saturated heterocycles. The van der Waals surface area contributed by atoms with E-state index < -0.39 is 11.4 Å². The van der Waals surface area contributed by atoms with Gasteiger partial charge in [-0.3, -0.25) is 4.79 Å². The van der Waals surface area contributed by atoms with E-state index in [2.05, 4.69) is 10.6 Å². The lowest BCUT2D eigenvalue weighted by molar-refractivity contribution is -0.131. The van der Waals surface area contributed by atoms with Crippen LogP contribution in [-0.4, -0.2) is 31.6 Å². The molecule has 0 aromatic rings. The van der Waals surface area contributed by atoms with E-state index in [0.29, 0.717) is 19.6 Å². The van der Waals surface area contributed by atoms with Crippen LogP contribution in [-0.2, 0) is 4.79 Å². The Bertz CT molecular complexity index is 286. The van der Waals surface area contributed by atoms with E-state index in [1.54, 1.807) is 0 Å². The number of hydrogen-bond acceptors (Lipinski definition) is 3. The SMILES string of the molecule is NCC1(C(=O)NCCNC(N)=O)CCCCCC1. The van der Waals surface area contributed by atoms with Crippen LogP contribution in [0.25, 0.3) is 0 Å². The topological polar surface area (TPSA) is 110 Å². The van der Waals surface area contributed by atoms with Crippen molar-refractivity contribution < 1.29 is 9.59 Å². The van der Waals surface area contributed by atoms with Crippen molar-refractivity contribution in [2.24, 2.45) is 16.9 Å². The molecule has 1 aliphatic rings. The van der Waals surface area contributed by atoms with Gasteiger partial charge in [0.2, 0.25) is 5.91 Å². The van der Waals surface area contributed by atoms with E-state index in [0.717, 1.165) is 25.7 Å². The first kappa shape index (κ1) is 14.8. The van der Waals surface area contributed by atoms with Crippen molar-refractivity contribution in [2.45, 2.75) is 38.5 Å². The zero-order valence-corrected chi connectivity index (χ0v) is 10.8. The molecule has 6 heteroatoms. The number of urea groups is 1. The molecule has 1 saturated carbocycles. The van der Waals surface area contributed by atoms with Gasteiger partial charge in [-0.15, -0.1) is 0 Å². The Morgan fingerprint density at radius 3 is 2.06 bits per heavy atom. The number of amides is 3. The summed E-state index contributed by atoms with van der Waals surface area (Å²) in [6.45, 7) is 1.13. The van der Waals surface area contributed by atoms with Crippen molar-refractivity contribution in [3.05, 3.63) is 0 Å². The van der Waals surface area contributed by atoms with Crippen LogP contribution in [0.5, 0.6) is 0 Å².